The van der Waals surface area contributed by atoms with Crippen LogP contribution < -0.4 is 20.3 Å². The number of ether oxygens (including phenoxy) is 2. The third-order valence-electron chi connectivity index (χ3n) is 8.18. The van der Waals surface area contributed by atoms with Gasteiger partial charge in [0.05, 0.1) is 42.5 Å². The number of carbonyl (C=O) groups excluding carboxylic acids is 1. The van der Waals surface area contributed by atoms with Crippen molar-refractivity contribution in [2.45, 2.75) is 30.3 Å². The summed E-state index contributed by atoms with van der Waals surface area (Å²) in [7, 11) is -1.09. The van der Waals surface area contributed by atoms with Crippen LogP contribution in [0.15, 0.2) is 78.0 Å². The number of rotatable bonds is 10. The molecular weight excluding hydrogens is 603 g/mol. The normalized spacial score (nSPS) is 17.2. The van der Waals surface area contributed by atoms with Gasteiger partial charge in [0, 0.05) is 36.0 Å². The third-order valence-corrected chi connectivity index (χ3v) is 9.98. The fourth-order valence-electron chi connectivity index (χ4n) is 5.87. The summed E-state index contributed by atoms with van der Waals surface area (Å²) in [4.78, 5) is 32.6. The number of aromatic nitrogens is 1. The maximum atomic E-state index is 15.9. The first kappa shape index (κ1) is 31.7. The predicted octanol–water partition coefficient (Wildman–Crippen LogP) is 4.28. The number of sulfone groups is 1. The van der Waals surface area contributed by atoms with E-state index in [-0.39, 0.29) is 46.2 Å². The average Bonchev–Trinajstić information content (AvgIpc) is 3.50. The average molecular weight is 637 g/mol. The van der Waals surface area contributed by atoms with E-state index in [1.165, 1.54) is 44.2 Å². The van der Waals surface area contributed by atoms with Crippen molar-refractivity contribution in [2.24, 2.45) is 11.8 Å². The minimum Gasteiger partial charge on any atom is -0.493 e. The second kappa shape index (κ2) is 12.7. The molecule has 1 aliphatic rings. The Morgan fingerprint density at radius 2 is 1.80 bits per heavy atom. The molecule has 11 nitrogen and oxygen atoms in total. The van der Waals surface area contributed by atoms with E-state index in [0.717, 1.165) is 21.8 Å². The molecular formula is C32H33FN4O7S. The van der Waals surface area contributed by atoms with Gasteiger partial charge in [-0.25, -0.2) is 18.7 Å². The van der Waals surface area contributed by atoms with Gasteiger partial charge in [0.1, 0.15) is 5.82 Å². The summed E-state index contributed by atoms with van der Waals surface area (Å²) in [6.07, 6.45) is 3.31. The Hall–Kier alpha value is -4.75. The fraction of sp³-hybridized carbons (Fsp3) is 0.281. The molecule has 3 N–H and O–H groups in total. The van der Waals surface area contributed by atoms with E-state index >= 15 is 4.39 Å². The number of carbonyl (C=O) groups is 2. The number of amides is 1. The molecule has 4 aromatic rings. The van der Waals surface area contributed by atoms with Crippen LogP contribution in [0.5, 0.6) is 11.5 Å². The smallest absolute Gasteiger partial charge is 0.309 e. The lowest BCUT2D eigenvalue weighted by Crippen LogP contribution is -2.47. The molecule has 1 saturated heterocycles. The highest BCUT2D eigenvalue weighted by atomic mass is 32.2. The van der Waals surface area contributed by atoms with E-state index < -0.39 is 45.5 Å². The number of nitrogens with two attached hydrogens (primary N) is 1. The largest absolute Gasteiger partial charge is 0.493 e. The van der Waals surface area contributed by atoms with Gasteiger partial charge in [-0.3, -0.25) is 19.6 Å². The minimum atomic E-state index is -3.80. The molecule has 0 radical (unpaired) electrons. The Morgan fingerprint density at radius 3 is 2.49 bits per heavy atom. The lowest BCUT2D eigenvalue weighted by atomic mass is 9.93. The summed E-state index contributed by atoms with van der Waals surface area (Å²) in [5.74, 6) is 2.83. The van der Waals surface area contributed by atoms with E-state index in [1.54, 1.807) is 48.8 Å². The summed E-state index contributed by atoms with van der Waals surface area (Å²) in [6, 6.07) is 12.7. The monoisotopic (exact) mass is 636 g/mol. The van der Waals surface area contributed by atoms with Crippen molar-refractivity contribution >= 4 is 38.2 Å². The highest BCUT2D eigenvalue weighted by molar-refractivity contribution is 7.91. The number of halogens is 1. The number of nitrogens with zero attached hydrogens (tertiary/aromatic N) is 3. The number of benzene rings is 3. The van der Waals surface area contributed by atoms with E-state index in [1.807, 2.05) is 0 Å². The number of hydrogen-bond acceptors (Lipinski definition) is 9. The standard InChI is InChI=1S/C32H33FN4O7S/c1-4-45(41,42)28-8-6-5-7-22(28)29-23(32(39)40)12-14-36(29)31(38)30(24-16-26(43-2)27(44-3)17-25(24)33)37(34)21-10-9-20-18-35-13-11-19(20)15-21/h5-11,13,15-18,23,29-30H,4,12,14,34H2,1-3H3,(H,39,40)/t23?,29?,30-/m1/s1. The van der Waals surface area contributed by atoms with Gasteiger partial charge < -0.3 is 19.5 Å². The molecule has 5 rings (SSSR count). The highest BCUT2D eigenvalue weighted by Gasteiger charge is 2.47. The summed E-state index contributed by atoms with van der Waals surface area (Å²) in [6.45, 7) is 1.45. The van der Waals surface area contributed by atoms with Crippen molar-refractivity contribution in [1.29, 1.82) is 0 Å². The zero-order valence-electron chi connectivity index (χ0n) is 24.9. The van der Waals surface area contributed by atoms with E-state index in [9.17, 15) is 23.1 Å². The van der Waals surface area contributed by atoms with Crippen LogP contribution in [0.25, 0.3) is 10.8 Å². The van der Waals surface area contributed by atoms with E-state index in [2.05, 4.69) is 4.98 Å². The Labute approximate surface area is 259 Å². The van der Waals surface area contributed by atoms with E-state index in [4.69, 9.17) is 15.3 Å². The first-order valence-electron chi connectivity index (χ1n) is 14.2. The van der Waals surface area contributed by atoms with Crippen molar-refractivity contribution in [3.8, 4) is 11.5 Å². The third kappa shape index (κ3) is 5.88. The number of pyridine rings is 1. The SMILES string of the molecule is CCS(=O)(=O)c1ccccc1C1C(C(=O)O)CCN1C(=O)[C@@H](c1cc(OC)c(OC)cc1F)N(N)c1ccc2cnccc2c1. The van der Waals surface area contributed by atoms with Crippen LogP contribution in [0.1, 0.15) is 36.6 Å². The van der Waals surface area contributed by atoms with Crippen molar-refractivity contribution in [1.82, 2.24) is 9.88 Å². The topological polar surface area (TPSA) is 152 Å². The van der Waals surface area contributed by atoms with Crippen LogP contribution in [0, 0.1) is 11.7 Å². The van der Waals surface area contributed by atoms with Crippen LogP contribution in [0.2, 0.25) is 0 Å². The number of fused-ring (bicyclic) bond motifs is 1. The van der Waals surface area contributed by atoms with Gasteiger partial charge >= 0.3 is 5.97 Å². The van der Waals surface area contributed by atoms with Crippen LogP contribution in [0.4, 0.5) is 10.1 Å². The lowest BCUT2D eigenvalue weighted by molar-refractivity contribution is -0.143. The zero-order chi connectivity index (χ0) is 32.5. The molecule has 2 heterocycles. The Bertz CT molecular complexity index is 1870. The van der Waals surface area contributed by atoms with Crippen molar-refractivity contribution in [3.63, 3.8) is 0 Å². The van der Waals surface area contributed by atoms with Crippen LogP contribution in [-0.2, 0) is 19.4 Å². The van der Waals surface area contributed by atoms with Crippen LogP contribution in [-0.4, -0.2) is 61.8 Å². The molecule has 236 valence electrons. The van der Waals surface area contributed by atoms with Gasteiger partial charge in [-0.15, -0.1) is 0 Å². The quantitative estimate of drug-likeness (QED) is 0.191. The molecule has 45 heavy (non-hydrogen) atoms. The molecule has 0 spiro atoms. The van der Waals surface area contributed by atoms with Crippen molar-refractivity contribution in [2.75, 3.05) is 31.5 Å². The summed E-state index contributed by atoms with van der Waals surface area (Å²) >= 11 is 0. The van der Waals surface area contributed by atoms with Crippen LogP contribution in [0.3, 0.4) is 0 Å². The summed E-state index contributed by atoms with van der Waals surface area (Å²) in [5.41, 5.74) is 0.383. The molecule has 0 bridgehead atoms. The number of aliphatic carboxylic acids is 1. The van der Waals surface area contributed by atoms with Crippen molar-refractivity contribution < 1.29 is 37.0 Å². The predicted molar refractivity (Wildman–Crippen MR) is 165 cm³/mol. The highest BCUT2D eigenvalue weighted by Crippen LogP contribution is 2.44. The molecule has 1 aliphatic heterocycles. The second-order valence-electron chi connectivity index (χ2n) is 10.6. The number of anilines is 1. The number of methoxy groups -OCH3 is 2. The fourth-order valence-corrected chi connectivity index (χ4v) is 7.01. The number of carboxylic acids is 1. The van der Waals surface area contributed by atoms with Gasteiger partial charge in [0.15, 0.2) is 27.4 Å². The first-order valence-corrected chi connectivity index (χ1v) is 15.8. The van der Waals surface area contributed by atoms with Gasteiger partial charge in [-0.1, -0.05) is 31.2 Å². The van der Waals surface area contributed by atoms with Gasteiger partial charge in [-0.05, 0) is 47.7 Å². The number of likely N-dealkylation sites (tertiary alicyclic amines) is 1. The number of hydrogen-bond donors (Lipinski definition) is 2. The van der Waals surface area contributed by atoms with Crippen molar-refractivity contribution in [3.05, 3.63) is 90.0 Å². The molecule has 13 heteroatoms. The Balaban J connectivity index is 1.69. The second-order valence-corrected chi connectivity index (χ2v) is 12.8. The molecule has 0 aliphatic carbocycles. The maximum absolute atomic E-state index is 15.9. The lowest BCUT2D eigenvalue weighted by Gasteiger charge is -2.36. The summed E-state index contributed by atoms with van der Waals surface area (Å²) < 4.78 is 52.8. The Kier molecular flexibility index (Phi) is 8.94. The van der Waals surface area contributed by atoms with Crippen LogP contribution >= 0.6 is 0 Å². The molecule has 3 atom stereocenters. The summed E-state index contributed by atoms with van der Waals surface area (Å²) in [5, 5.41) is 12.9. The molecule has 0 saturated carbocycles. The molecule has 1 fully saturated rings. The van der Waals surface area contributed by atoms with Gasteiger partial charge in [0.2, 0.25) is 0 Å². The first-order chi connectivity index (χ1) is 21.5. The van der Waals surface area contributed by atoms with Gasteiger partial charge in [0.25, 0.3) is 5.91 Å². The molecule has 1 amide bonds. The molecule has 2 unspecified atom stereocenters. The Morgan fingerprint density at radius 1 is 1.09 bits per heavy atom. The number of hydrazine groups is 1. The van der Waals surface area contributed by atoms with Gasteiger partial charge in [-0.2, -0.15) is 0 Å². The molecule has 1 aromatic heterocycles. The minimum absolute atomic E-state index is 0.0381. The number of carboxylic acid groups (broad SMARTS) is 1. The molecule has 3 aromatic carbocycles. The van der Waals surface area contributed by atoms with E-state index in [0.29, 0.717) is 5.69 Å². The maximum Gasteiger partial charge on any atom is 0.309 e. The zero-order valence-corrected chi connectivity index (χ0v) is 25.7.